The number of para-hydroxylation sites is 1. The van der Waals surface area contributed by atoms with Crippen molar-refractivity contribution in [2.75, 3.05) is 9.80 Å². The van der Waals surface area contributed by atoms with Crippen LogP contribution in [0.25, 0.3) is 11.1 Å². The second kappa shape index (κ2) is 8.85. The van der Waals surface area contributed by atoms with E-state index >= 15 is 0 Å². The van der Waals surface area contributed by atoms with Gasteiger partial charge in [-0.15, -0.1) is 18.4 Å². The molecule has 1 aromatic heterocycles. The van der Waals surface area contributed by atoms with Gasteiger partial charge in [-0.25, -0.2) is 9.97 Å². The number of aromatic nitrogens is 2. The zero-order valence-electron chi connectivity index (χ0n) is 18.3. The number of hydrogen-bond donors (Lipinski definition) is 0. The van der Waals surface area contributed by atoms with Crippen molar-refractivity contribution < 1.29 is 20.1 Å². The summed E-state index contributed by atoms with van der Waals surface area (Å²) in [7, 11) is 0. The molecule has 0 N–H and O–H groups in total. The zero-order valence-corrected chi connectivity index (χ0v) is 20.7. The number of rotatable bonds is 3. The van der Waals surface area contributed by atoms with Gasteiger partial charge in [-0.2, -0.15) is 23.8 Å². The first-order chi connectivity index (χ1) is 15.0. The van der Waals surface area contributed by atoms with E-state index in [1.165, 1.54) is 5.56 Å². The normalized spacial score (nSPS) is 13.0. The van der Waals surface area contributed by atoms with Gasteiger partial charge in [-0.1, -0.05) is 74.7 Å². The molecule has 0 atom stereocenters. The van der Waals surface area contributed by atoms with Crippen molar-refractivity contribution in [2.24, 2.45) is 0 Å². The predicted octanol–water partition coefficient (Wildman–Crippen LogP) is 6.65. The Morgan fingerprint density at radius 2 is 1.44 bits per heavy atom. The molecule has 32 heavy (non-hydrogen) atoms. The van der Waals surface area contributed by atoms with Crippen molar-refractivity contribution in [2.45, 2.75) is 26.2 Å². The molecule has 1 aliphatic rings. The molecule has 5 heteroatoms. The van der Waals surface area contributed by atoms with Crippen molar-refractivity contribution in [1.29, 1.82) is 0 Å². The molecule has 0 amide bonds. The van der Waals surface area contributed by atoms with Crippen molar-refractivity contribution >= 4 is 23.0 Å². The SMILES string of the molecule is CC(C)(C)c1c[c-]c(N2[CH-]N(c3ccccc3-c3ccccc3)c3nccnc32)cc1.[Ir]. The number of nitrogens with zero attached hydrogens (tertiary/aromatic N) is 4. The van der Waals surface area contributed by atoms with E-state index in [9.17, 15) is 0 Å². The molecule has 1 radical (unpaired) electrons. The van der Waals surface area contributed by atoms with E-state index in [0.717, 1.165) is 34.1 Å². The fourth-order valence-corrected chi connectivity index (χ4v) is 3.82. The van der Waals surface area contributed by atoms with Crippen LogP contribution in [-0.4, -0.2) is 9.97 Å². The van der Waals surface area contributed by atoms with Crippen LogP contribution in [0.1, 0.15) is 26.3 Å². The molecule has 0 unspecified atom stereocenters. The minimum atomic E-state index is 0. The minimum absolute atomic E-state index is 0. The summed E-state index contributed by atoms with van der Waals surface area (Å²) in [5.74, 6) is 1.60. The van der Waals surface area contributed by atoms with Gasteiger partial charge in [0.15, 0.2) is 0 Å². The van der Waals surface area contributed by atoms with Crippen LogP contribution in [0.4, 0.5) is 23.0 Å². The number of hydrogen-bond acceptors (Lipinski definition) is 4. The molecular weight excluding hydrogens is 573 g/mol. The summed E-state index contributed by atoms with van der Waals surface area (Å²) in [4.78, 5) is 13.5. The van der Waals surface area contributed by atoms with Crippen LogP contribution in [0, 0.1) is 12.7 Å². The van der Waals surface area contributed by atoms with Crippen LogP contribution in [-0.2, 0) is 25.5 Å². The monoisotopic (exact) mass is 597 g/mol. The molecule has 5 rings (SSSR count). The van der Waals surface area contributed by atoms with E-state index in [4.69, 9.17) is 0 Å². The number of anilines is 4. The molecule has 0 saturated heterocycles. The van der Waals surface area contributed by atoms with E-state index in [1.807, 2.05) is 6.07 Å². The van der Waals surface area contributed by atoms with Gasteiger partial charge in [0, 0.05) is 43.7 Å². The Morgan fingerprint density at radius 3 is 2.09 bits per heavy atom. The van der Waals surface area contributed by atoms with Gasteiger partial charge in [0.05, 0.1) is 0 Å². The van der Waals surface area contributed by atoms with Gasteiger partial charge in [0.25, 0.3) is 0 Å². The van der Waals surface area contributed by atoms with E-state index in [1.54, 1.807) is 12.4 Å². The van der Waals surface area contributed by atoms with Gasteiger partial charge >= 0.3 is 0 Å². The molecular formula is C27H24IrN4-2. The zero-order chi connectivity index (χ0) is 21.4. The molecule has 4 nitrogen and oxygen atoms in total. The Labute approximate surface area is 203 Å². The van der Waals surface area contributed by atoms with Crippen LogP contribution in [0.15, 0.2) is 85.2 Å². The predicted molar refractivity (Wildman–Crippen MR) is 126 cm³/mol. The maximum absolute atomic E-state index is 4.66. The summed E-state index contributed by atoms with van der Waals surface area (Å²) in [6.45, 7) is 8.68. The first-order valence-electron chi connectivity index (χ1n) is 10.4. The van der Waals surface area contributed by atoms with E-state index in [2.05, 4.69) is 120 Å². The van der Waals surface area contributed by atoms with Crippen LogP contribution < -0.4 is 9.80 Å². The molecule has 0 aliphatic carbocycles. The molecule has 3 aromatic carbocycles. The molecule has 0 spiro atoms. The fourth-order valence-electron chi connectivity index (χ4n) is 3.82. The van der Waals surface area contributed by atoms with Crippen molar-refractivity contribution in [3.63, 3.8) is 0 Å². The van der Waals surface area contributed by atoms with E-state index in [0.29, 0.717) is 0 Å². The van der Waals surface area contributed by atoms with Crippen LogP contribution in [0.2, 0.25) is 0 Å². The first-order valence-corrected chi connectivity index (χ1v) is 10.4. The Balaban J connectivity index is 0.00000245. The molecule has 1 aliphatic heterocycles. The molecule has 163 valence electrons. The van der Waals surface area contributed by atoms with Gasteiger partial charge in [-0.05, 0) is 11.6 Å². The number of benzene rings is 3. The smallest absolute Gasteiger partial charge is 0.145 e. The first kappa shape index (κ1) is 22.2. The maximum atomic E-state index is 4.66. The summed E-state index contributed by atoms with van der Waals surface area (Å²) >= 11 is 0. The van der Waals surface area contributed by atoms with Crippen LogP contribution in [0.5, 0.6) is 0 Å². The molecule has 0 fully saturated rings. The fraction of sp³-hybridized carbons (Fsp3) is 0.148. The molecule has 4 aromatic rings. The quantitative estimate of drug-likeness (QED) is 0.248. The Bertz CT molecular complexity index is 1200. The second-order valence-electron chi connectivity index (χ2n) is 8.65. The average Bonchev–Trinajstić information content (AvgIpc) is 3.19. The summed E-state index contributed by atoms with van der Waals surface area (Å²) in [5.41, 5.74) is 5.64. The van der Waals surface area contributed by atoms with E-state index < -0.39 is 0 Å². The van der Waals surface area contributed by atoms with Crippen LogP contribution in [0.3, 0.4) is 0 Å². The summed E-state index contributed by atoms with van der Waals surface area (Å²) in [6.07, 6.45) is 3.47. The Morgan fingerprint density at radius 1 is 0.781 bits per heavy atom. The van der Waals surface area contributed by atoms with Gasteiger partial charge < -0.3 is 9.80 Å². The van der Waals surface area contributed by atoms with E-state index in [-0.39, 0.29) is 25.5 Å². The Hall–Kier alpha value is -3.01. The maximum Gasteiger partial charge on any atom is 0.145 e. The summed E-state index contributed by atoms with van der Waals surface area (Å²) in [6, 6.07) is 28.6. The third-order valence-electron chi connectivity index (χ3n) is 5.52. The topological polar surface area (TPSA) is 32.3 Å². The average molecular weight is 597 g/mol. The van der Waals surface area contributed by atoms with Crippen molar-refractivity contribution in [1.82, 2.24) is 9.97 Å². The third kappa shape index (κ3) is 4.06. The number of fused-ring (bicyclic) bond motifs is 1. The molecule has 0 saturated carbocycles. The standard InChI is InChI=1S/C27H24N4.Ir/c1-27(2,3)21-13-15-22(16-14-21)30-19-31(26-25(30)28-17-18-29-26)24-12-8-7-11-23(24)20-9-5-4-6-10-20;/h4-15,17-19H,1-3H3;/q-2;. The summed E-state index contributed by atoms with van der Waals surface area (Å²) in [5, 5.41) is 0. The van der Waals surface area contributed by atoms with Crippen LogP contribution >= 0.6 is 0 Å². The second-order valence-corrected chi connectivity index (χ2v) is 8.65. The summed E-state index contributed by atoms with van der Waals surface area (Å²) < 4.78 is 0. The molecule has 0 bridgehead atoms. The minimum Gasteiger partial charge on any atom is -0.477 e. The molecule has 2 heterocycles. The van der Waals surface area contributed by atoms with Crippen molar-refractivity contribution in [3.8, 4) is 11.1 Å². The third-order valence-corrected chi connectivity index (χ3v) is 5.52. The van der Waals surface area contributed by atoms with Crippen molar-refractivity contribution in [3.05, 3.63) is 103 Å². The Kier molecular flexibility index (Phi) is 6.14. The van der Waals surface area contributed by atoms with Gasteiger partial charge in [0.1, 0.15) is 11.6 Å². The van der Waals surface area contributed by atoms with Gasteiger partial charge in [0.2, 0.25) is 0 Å². The largest absolute Gasteiger partial charge is 0.477 e. The van der Waals surface area contributed by atoms with Gasteiger partial charge in [-0.3, -0.25) is 0 Å².